The average Bonchev–Trinajstić information content (AvgIpc) is 2.61. The lowest BCUT2D eigenvalue weighted by molar-refractivity contribution is -0.123. The lowest BCUT2D eigenvalue weighted by Crippen LogP contribution is -2.27. The molecular weight excluding hydrogens is 360 g/mol. The molecule has 0 fully saturated rings. The number of carbonyl (C=O) groups is 3. The first-order valence-electron chi connectivity index (χ1n) is 8.74. The molecule has 0 spiro atoms. The summed E-state index contributed by atoms with van der Waals surface area (Å²) in [4.78, 5) is 35.3. The van der Waals surface area contributed by atoms with Gasteiger partial charge in [0.15, 0.2) is 6.61 Å². The van der Waals surface area contributed by atoms with Gasteiger partial charge in [0.25, 0.3) is 5.91 Å². The van der Waals surface area contributed by atoms with Crippen LogP contribution in [0.3, 0.4) is 0 Å². The van der Waals surface area contributed by atoms with Crippen molar-refractivity contribution in [2.45, 2.75) is 27.7 Å². The van der Waals surface area contributed by atoms with Gasteiger partial charge < -0.3 is 20.5 Å². The molecule has 0 atom stereocenters. The van der Waals surface area contributed by atoms with E-state index in [1.165, 1.54) is 12.1 Å². The minimum Gasteiger partial charge on any atom is -0.484 e. The van der Waals surface area contributed by atoms with Crippen molar-refractivity contribution in [2.75, 3.05) is 17.2 Å². The largest absolute Gasteiger partial charge is 0.484 e. The molecule has 3 N–H and O–H groups in total. The van der Waals surface area contributed by atoms with Gasteiger partial charge in [-0.1, -0.05) is 32.9 Å². The van der Waals surface area contributed by atoms with Crippen molar-refractivity contribution in [3.8, 4) is 5.75 Å². The number of anilines is 2. The van der Waals surface area contributed by atoms with E-state index in [-0.39, 0.29) is 18.1 Å². The van der Waals surface area contributed by atoms with Crippen molar-refractivity contribution >= 4 is 29.2 Å². The van der Waals surface area contributed by atoms with Crippen LogP contribution in [0.4, 0.5) is 11.4 Å². The molecule has 0 aliphatic heterocycles. The Kier molecular flexibility index (Phi) is 6.41. The smallest absolute Gasteiger partial charge is 0.335 e. The number of carboxylic acids is 1. The number of nitrogens with one attached hydrogen (secondary N) is 2. The Bertz CT molecular complexity index is 900. The number of carbonyl (C=O) groups excluding carboxylic acids is 2. The van der Waals surface area contributed by atoms with Crippen molar-refractivity contribution < 1.29 is 24.2 Å². The van der Waals surface area contributed by atoms with Gasteiger partial charge in [-0.05, 0) is 36.8 Å². The van der Waals surface area contributed by atoms with Crippen molar-refractivity contribution in [3.05, 3.63) is 53.6 Å². The summed E-state index contributed by atoms with van der Waals surface area (Å²) in [7, 11) is 0. The quantitative estimate of drug-likeness (QED) is 0.704. The lowest BCUT2D eigenvalue weighted by Gasteiger charge is -2.18. The van der Waals surface area contributed by atoms with E-state index >= 15 is 0 Å². The van der Waals surface area contributed by atoms with Gasteiger partial charge in [-0.25, -0.2) is 4.79 Å². The van der Waals surface area contributed by atoms with Crippen LogP contribution in [0.2, 0.25) is 0 Å². The number of benzene rings is 2. The van der Waals surface area contributed by atoms with Gasteiger partial charge in [0.05, 0.1) is 5.56 Å². The molecule has 7 nitrogen and oxygen atoms in total. The zero-order valence-corrected chi connectivity index (χ0v) is 16.3. The van der Waals surface area contributed by atoms with E-state index in [2.05, 4.69) is 10.6 Å². The highest BCUT2D eigenvalue weighted by molar-refractivity contribution is 5.96. The zero-order chi connectivity index (χ0) is 20.9. The van der Waals surface area contributed by atoms with Gasteiger partial charge >= 0.3 is 5.97 Å². The molecule has 0 saturated heterocycles. The Labute approximate surface area is 163 Å². The predicted octanol–water partition coefficient (Wildman–Crippen LogP) is 3.70. The monoisotopic (exact) mass is 384 g/mol. The van der Waals surface area contributed by atoms with E-state index in [1.807, 2.05) is 20.8 Å². The van der Waals surface area contributed by atoms with E-state index in [1.54, 1.807) is 37.3 Å². The second kappa shape index (κ2) is 8.56. The highest BCUT2D eigenvalue weighted by Gasteiger charge is 2.21. The molecule has 0 unspecified atom stereocenters. The third-order valence-corrected chi connectivity index (χ3v) is 3.90. The van der Waals surface area contributed by atoms with E-state index in [0.29, 0.717) is 17.1 Å². The summed E-state index contributed by atoms with van der Waals surface area (Å²) in [5.74, 6) is -1.19. The van der Waals surface area contributed by atoms with Crippen LogP contribution in [0.25, 0.3) is 0 Å². The fourth-order valence-corrected chi connectivity index (χ4v) is 2.21. The molecule has 0 aliphatic carbocycles. The molecule has 2 rings (SSSR count). The predicted molar refractivity (Wildman–Crippen MR) is 107 cm³/mol. The van der Waals surface area contributed by atoms with Gasteiger partial charge in [0, 0.05) is 22.9 Å². The second-order valence-electron chi connectivity index (χ2n) is 7.40. The molecule has 2 aromatic carbocycles. The van der Waals surface area contributed by atoms with E-state index in [4.69, 9.17) is 9.84 Å². The molecule has 0 bridgehead atoms. The van der Waals surface area contributed by atoms with Crippen LogP contribution in [0.15, 0.2) is 42.5 Å². The fourth-order valence-electron chi connectivity index (χ4n) is 2.21. The highest BCUT2D eigenvalue weighted by atomic mass is 16.5. The summed E-state index contributed by atoms with van der Waals surface area (Å²) < 4.78 is 5.49. The van der Waals surface area contributed by atoms with Crippen molar-refractivity contribution in [2.24, 2.45) is 5.41 Å². The number of aryl methyl sites for hydroxylation is 1. The number of carboxylic acid groups (broad SMARTS) is 1. The molecule has 0 saturated carbocycles. The van der Waals surface area contributed by atoms with Gasteiger partial charge in [-0.15, -0.1) is 0 Å². The maximum Gasteiger partial charge on any atom is 0.335 e. The minimum absolute atomic E-state index is 0.0871. The van der Waals surface area contributed by atoms with Gasteiger partial charge in [0.1, 0.15) is 5.75 Å². The fraction of sp³-hybridized carbons (Fsp3) is 0.286. The van der Waals surface area contributed by atoms with Gasteiger partial charge in [-0.2, -0.15) is 0 Å². The molecule has 0 aromatic heterocycles. The van der Waals surface area contributed by atoms with Crippen molar-refractivity contribution in [3.63, 3.8) is 0 Å². The molecule has 2 aromatic rings. The van der Waals surface area contributed by atoms with Gasteiger partial charge in [0.2, 0.25) is 5.91 Å². The Morgan fingerprint density at radius 1 is 1.04 bits per heavy atom. The van der Waals surface area contributed by atoms with Crippen molar-refractivity contribution in [1.82, 2.24) is 0 Å². The zero-order valence-electron chi connectivity index (χ0n) is 16.3. The molecule has 28 heavy (non-hydrogen) atoms. The van der Waals surface area contributed by atoms with Crippen LogP contribution >= 0.6 is 0 Å². The highest BCUT2D eigenvalue weighted by Crippen LogP contribution is 2.21. The number of hydrogen-bond acceptors (Lipinski definition) is 4. The summed E-state index contributed by atoms with van der Waals surface area (Å²) in [6.07, 6.45) is 0. The Morgan fingerprint density at radius 2 is 1.75 bits per heavy atom. The van der Waals surface area contributed by atoms with Crippen molar-refractivity contribution in [1.29, 1.82) is 0 Å². The molecule has 7 heteroatoms. The number of aromatic carboxylic acids is 1. The molecule has 2 amide bonds. The number of ether oxygens (including phenoxy) is 1. The van der Waals surface area contributed by atoms with Crippen LogP contribution in [0, 0.1) is 12.3 Å². The average molecular weight is 384 g/mol. The maximum absolute atomic E-state index is 12.2. The third kappa shape index (κ3) is 5.84. The van der Waals surface area contributed by atoms with E-state index < -0.39 is 17.3 Å². The second-order valence-corrected chi connectivity index (χ2v) is 7.40. The standard InChI is InChI=1S/C21H24N2O5/c1-13-8-9-14(19(25)26)10-17(13)23-18(24)12-28-16-7-5-6-15(11-16)22-20(27)21(2,3)4/h5-11H,12H2,1-4H3,(H,22,27)(H,23,24)(H,25,26). The maximum atomic E-state index is 12.2. The van der Waals surface area contributed by atoms with E-state index in [9.17, 15) is 14.4 Å². The molecule has 0 aliphatic rings. The molecule has 0 radical (unpaired) electrons. The molecule has 0 heterocycles. The van der Waals surface area contributed by atoms with E-state index in [0.717, 1.165) is 5.56 Å². The summed E-state index contributed by atoms with van der Waals surface area (Å²) in [6, 6.07) is 11.3. The van der Waals surface area contributed by atoms with Crippen LogP contribution in [-0.2, 0) is 9.59 Å². The Balaban J connectivity index is 1.98. The molecular formula is C21H24N2O5. The summed E-state index contributed by atoms with van der Waals surface area (Å²) in [5, 5.41) is 14.5. The number of hydrogen-bond donors (Lipinski definition) is 3. The topological polar surface area (TPSA) is 105 Å². The minimum atomic E-state index is -1.07. The SMILES string of the molecule is Cc1ccc(C(=O)O)cc1NC(=O)COc1cccc(NC(=O)C(C)(C)C)c1. The summed E-state index contributed by atoms with van der Waals surface area (Å²) in [6.45, 7) is 6.95. The van der Waals surface area contributed by atoms with Crippen LogP contribution in [0.5, 0.6) is 5.75 Å². The van der Waals surface area contributed by atoms with Crippen LogP contribution in [0.1, 0.15) is 36.7 Å². The normalized spacial score (nSPS) is 10.9. The number of rotatable bonds is 6. The first-order chi connectivity index (χ1) is 13.1. The number of amides is 2. The first kappa shape index (κ1) is 21.0. The van der Waals surface area contributed by atoms with Crippen LogP contribution in [-0.4, -0.2) is 29.5 Å². The first-order valence-corrected chi connectivity index (χ1v) is 8.74. The summed E-state index contributed by atoms with van der Waals surface area (Å²) in [5.41, 5.74) is 1.29. The van der Waals surface area contributed by atoms with Crippen LogP contribution < -0.4 is 15.4 Å². The van der Waals surface area contributed by atoms with Gasteiger partial charge in [-0.3, -0.25) is 9.59 Å². The molecule has 148 valence electrons. The summed E-state index contributed by atoms with van der Waals surface area (Å²) >= 11 is 0. The lowest BCUT2D eigenvalue weighted by atomic mass is 9.95. The Hall–Kier alpha value is -3.35. The third-order valence-electron chi connectivity index (χ3n) is 3.90. The Morgan fingerprint density at radius 3 is 2.39 bits per heavy atom.